The third-order valence-corrected chi connectivity index (χ3v) is 8.94. The first-order valence-electron chi connectivity index (χ1n) is 13.1. The molecule has 0 aliphatic heterocycles. The van der Waals surface area contributed by atoms with E-state index in [0.717, 1.165) is 6.42 Å². The fourth-order valence-corrected chi connectivity index (χ4v) is 6.56. The molecular weight excluding hydrogens is 587 g/mol. The van der Waals surface area contributed by atoms with E-state index in [1.807, 2.05) is 6.92 Å². The molecule has 5 rings (SSSR count). The minimum atomic E-state index is -4.08. The highest BCUT2D eigenvalue weighted by molar-refractivity contribution is 7.92. The molecule has 0 bridgehead atoms. The summed E-state index contributed by atoms with van der Waals surface area (Å²) in [5, 5.41) is 4.02. The molecule has 12 nitrogen and oxygen atoms in total. The van der Waals surface area contributed by atoms with E-state index in [4.69, 9.17) is 11.6 Å². The fourth-order valence-electron chi connectivity index (χ4n) is 4.77. The van der Waals surface area contributed by atoms with E-state index in [1.165, 1.54) is 41.5 Å². The van der Waals surface area contributed by atoms with Crippen molar-refractivity contribution in [1.82, 2.24) is 34.3 Å². The largest absolute Gasteiger partial charge is 0.336 e. The van der Waals surface area contributed by atoms with Gasteiger partial charge >= 0.3 is 5.69 Å². The molecule has 4 heterocycles. The molecule has 1 aromatic carbocycles. The lowest BCUT2D eigenvalue weighted by molar-refractivity contribution is 0.595. The van der Waals surface area contributed by atoms with E-state index in [1.54, 1.807) is 24.3 Å². The van der Waals surface area contributed by atoms with Crippen LogP contribution in [0.2, 0.25) is 5.15 Å². The first kappa shape index (κ1) is 29.2. The number of hydrogen-bond acceptors (Lipinski definition) is 7. The molecule has 0 spiro atoms. The van der Waals surface area contributed by atoms with Gasteiger partial charge in [0.1, 0.15) is 27.2 Å². The van der Waals surface area contributed by atoms with Gasteiger partial charge < -0.3 is 4.98 Å². The lowest BCUT2D eigenvalue weighted by Crippen LogP contribution is -2.30. The van der Waals surface area contributed by atoms with Crippen molar-refractivity contribution in [2.75, 3.05) is 4.72 Å². The zero-order chi connectivity index (χ0) is 30.2. The minimum Gasteiger partial charge on any atom is -0.336 e. The van der Waals surface area contributed by atoms with E-state index in [0.29, 0.717) is 30.0 Å². The van der Waals surface area contributed by atoms with Crippen LogP contribution >= 0.6 is 11.6 Å². The Morgan fingerprint density at radius 3 is 2.55 bits per heavy atom. The quantitative estimate of drug-likeness (QED) is 0.216. The Morgan fingerprint density at radius 2 is 1.90 bits per heavy atom. The molecule has 3 N–H and O–H groups in total. The molecular formula is C27H28ClFN8O4S. The number of rotatable bonds is 10. The van der Waals surface area contributed by atoms with Gasteiger partial charge in [0.25, 0.3) is 15.6 Å². The molecule has 0 fully saturated rings. The number of sulfonamides is 1. The van der Waals surface area contributed by atoms with Gasteiger partial charge in [0, 0.05) is 13.6 Å². The number of halogens is 2. The average Bonchev–Trinajstić information content (AvgIpc) is 3.49. The van der Waals surface area contributed by atoms with Crippen molar-refractivity contribution in [3.63, 3.8) is 0 Å². The van der Waals surface area contributed by atoms with Crippen LogP contribution in [0.5, 0.6) is 0 Å². The monoisotopic (exact) mass is 614 g/mol. The number of anilines is 1. The molecule has 220 valence electrons. The number of nitrogens with zero attached hydrogens (tertiary/aromatic N) is 5. The maximum absolute atomic E-state index is 14.7. The van der Waals surface area contributed by atoms with Crippen LogP contribution in [0.1, 0.15) is 48.5 Å². The van der Waals surface area contributed by atoms with Crippen molar-refractivity contribution in [3.8, 4) is 0 Å². The fraction of sp³-hybridized carbons (Fsp3) is 0.296. The Labute approximate surface area is 244 Å². The molecule has 1 atom stereocenters. The van der Waals surface area contributed by atoms with Gasteiger partial charge in [0.2, 0.25) is 0 Å². The summed E-state index contributed by atoms with van der Waals surface area (Å²) in [7, 11) is -2.54. The highest BCUT2D eigenvalue weighted by Crippen LogP contribution is 2.30. The number of H-pyrrole nitrogens is 2. The number of benzene rings is 1. The van der Waals surface area contributed by atoms with Gasteiger partial charge in [0.05, 0.1) is 29.2 Å². The Balaban J connectivity index is 1.55. The zero-order valence-electron chi connectivity index (χ0n) is 23.0. The predicted octanol–water partition coefficient (Wildman–Crippen LogP) is 3.62. The van der Waals surface area contributed by atoms with Crippen LogP contribution in [0, 0.1) is 12.7 Å². The van der Waals surface area contributed by atoms with Gasteiger partial charge in [-0.2, -0.15) is 5.10 Å². The Morgan fingerprint density at radius 1 is 1.14 bits per heavy atom. The van der Waals surface area contributed by atoms with Crippen molar-refractivity contribution < 1.29 is 12.8 Å². The number of aromatic amines is 2. The summed E-state index contributed by atoms with van der Waals surface area (Å²) in [6, 6.07) is 9.37. The molecule has 0 radical (unpaired) electrons. The van der Waals surface area contributed by atoms with Crippen LogP contribution in [0.15, 0.2) is 57.1 Å². The van der Waals surface area contributed by atoms with Gasteiger partial charge in [-0.25, -0.2) is 22.6 Å². The molecule has 0 aliphatic rings. The van der Waals surface area contributed by atoms with Gasteiger partial charge in [-0.3, -0.25) is 28.7 Å². The molecule has 15 heteroatoms. The van der Waals surface area contributed by atoms with Crippen LogP contribution in [0.4, 0.5) is 10.1 Å². The number of unbranched alkanes of at least 4 members (excludes halogenated alkanes) is 1. The molecule has 0 saturated heterocycles. The summed E-state index contributed by atoms with van der Waals surface area (Å²) in [6.07, 6.45) is 2.97. The zero-order valence-corrected chi connectivity index (χ0v) is 24.6. The van der Waals surface area contributed by atoms with Crippen molar-refractivity contribution in [2.45, 2.75) is 50.5 Å². The smallest absolute Gasteiger partial charge is 0.330 e. The van der Waals surface area contributed by atoms with E-state index < -0.39 is 33.0 Å². The standard InChI is InChI=1S/C27H28ClFN8O4S/c1-4-5-12-37-25-21(26(38)33-27(37)39)31-24(32-25)18(13-16-8-6-7-9-19(16)29)20-11-10-17(14-30-20)35-42(40,41)22-15(2)34-36(3)23(22)28/h6-11,14,18,35H,4-5,12-13H2,1-3H3,(H,31,32)(H,33,38,39). The second kappa shape index (κ2) is 11.5. The molecule has 5 aromatic rings. The number of aryl methyl sites for hydroxylation is 3. The van der Waals surface area contributed by atoms with Crippen LogP contribution in [-0.2, 0) is 30.0 Å². The first-order valence-corrected chi connectivity index (χ1v) is 15.0. The second-order valence-corrected chi connectivity index (χ2v) is 11.8. The second-order valence-electron chi connectivity index (χ2n) is 9.84. The van der Waals surface area contributed by atoms with Crippen LogP contribution < -0.4 is 16.0 Å². The van der Waals surface area contributed by atoms with Crippen molar-refractivity contribution in [3.05, 3.63) is 97.2 Å². The van der Waals surface area contributed by atoms with Crippen molar-refractivity contribution in [1.29, 1.82) is 0 Å². The van der Waals surface area contributed by atoms with Crippen LogP contribution in [-0.4, -0.2) is 42.7 Å². The molecule has 0 aliphatic carbocycles. The predicted molar refractivity (Wildman–Crippen MR) is 156 cm³/mol. The number of pyridine rings is 1. The maximum Gasteiger partial charge on any atom is 0.330 e. The van der Waals surface area contributed by atoms with Crippen LogP contribution in [0.3, 0.4) is 0 Å². The summed E-state index contributed by atoms with van der Waals surface area (Å²) in [5.41, 5.74) is 0.338. The minimum absolute atomic E-state index is 0.0354. The number of imidazole rings is 1. The van der Waals surface area contributed by atoms with Crippen LogP contribution in [0.25, 0.3) is 11.2 Å². The Bertz CT molecular complexity index is 2000. The van der Waals surface area contributed by atoms with Gasteiger partial charge in [-0.05, 0) is 43.5 Å². The first-order chi connectivity index (χ1) is 20.0. The highest BCUT2D eigenvalue weighted by atomic mass is 35.5. The van der Waals surface area contributed by atoms with E-state index in [2.05, 4.69) is 29.8 Å². The lowest BCUT2D eigenvalue weighted by Gasteiger charge is -2.16. The molecule has 4 aromatic heterocycles. The van der Waals surface area contributed by atoms with Crippen molar-refractivity contribution in [2.24, 2.45) is 7.05 Å². The highest BCUT2D eigenvalue weighted by Gasteiger charge is 2.27. The topological polar surface area (TPSA) is 160 Å². The Kier molecular flexibility index (Phi) is 8.01. The third-order valence-electron chi connectivity index (χ3n) is 6.86. The van der Waals surface area contributed by atoms with E-state index >= 15 is 0 Å². The number of nitrogens with one attached hydrogen (secondary N) is 3. The van der Waals surface area contributed by atoms with Gasteiger partial charge in [0.15, 0.2) is 5.65 Å². The average molecular weight is 615 g/mol. The number of hydrogen-bond donors (Lipinski definition) is 3. The summed E-state index contributed by atoms with van der Waals surface area (Å²) in [6.45, 7) is 3.88. The summed E-state index contributed by atoms with van der Waals surface area (Å²) >= 11 is 6.16. The molecule has 0 saturated carbocycles. The van der Waals surface area contributed by atoms with E-state index in [-0.39, 0.29) is 39.0 Å². The lowest BCUT2D eigenvalue weighted by atomic mass is 9.94. The number of fused-ring (bicyclic) bond motifs is 1. The summed E-state index contributed by atoms with van der Waals surface area (Å²) in [4.78, 5) is 39.5. The van der Waals surface area contributed by atoms with Gasteiger partial charge in [-0.15, -0.1) is 0 Å². The van der Waals surface area contributed by atoms with E-state index in [9.17, 15) is 22.4 Å². The molecule has 42 heavy (non-hydrogen) atoms. The molecule has 0 amide bonds. The normalized spacial score (nSPS) is 12.6. The maximum atomic E-state index is 14.7. The SMILES string of the molecule is CCCCn1c(=O)[nH]c(=O)c2[nH]c(C(Cc3ccccc3F)c3ccc(NS(=O)(=O)c4c(C)nn(C)c4Cl)cn3)nc21. The Hall–Kier alpha value is -4.30. The summed E-state index contributed by atoms with van der Waals surface area (Å²) < 4.78 is 46.0. The third kappa shape index (κ3) is 5.59. The molecule has 1 unspecified atom stereocenters. The van der Waals surface area contributed by atoms with Crippen molar-refractivity contribution >= 4 is 38.5 Å². The number of aromatic nitrogens is 7. The van der Waals surface area contributed by atoms with Gasteiger partial charge in [-0.1, -0.05) is 43.1 Å². The summed E-state index contributed by atoms with van der Waals surface area (Å²) in [5.74, 6) is -0.804.